The molecule has 1 unspecified atom stereocenters. The number of carbonyl (C=O) groups is 2. The summed E-state index contributed by atoms with van der Waals surface area (Å²) in [7, 11) is 0. The Kier molecular flexibility index (Phi) is 4.35. The summed E-state index contributed by atoms with van der Waals surface area (Å²) >= 11 is 0. The van der Waals surface area contributed by atoms with Crippen LogP contribution in [-0.2, 0) is 16.1 Å². The molecule has 7 nitrogen and oxygen atoms in total. The van der Waals surface area contributed by atoms with Crippen molar-refractivity contribution < 1.29 is 19.4 Å². The van der Waals surface area contributed by atoms with E-state index in [-0.39, 0.29) is 6.54 Å². The smallest absolute Gasteiger partial charge is 0.408 e. The third-order valence-corrected chi connectivity index (χ3v) is 2.90. The molecule has 0 radical (unpaired) electrons. The maximum Gasteiger partial charge on any atom is 0.408 e. The number of benzene rings is 1. The van der Waals surface area contributed by atoms with E-state index in [1.165, 1.54) is 0 Å². The zero-order valence-corrected chi connectivity index (χ0v) is 12.7. The van der Waals surface area contributed by atoms with Crippen LogP contribution in [0.2, 0.25) is 0 Å². The second kappa shape index (κ2) is 6.05. The number of carboxylic acids is 1. The topological polar surface area (TPSA) is 93.5 Å². The van der Waals surface area contributed by atoms with Crippen LogP contribution >= 0.6 is 0 Å². The van der Waals surface area contributed by atoms with Crippen molar-refractivity contribution >= 4 is 23.0 Å². The first-order valence-electron chi connectivity index (χ1n) is 6.89. The lowest BCUT2D eigenvalue weighted by atomic mass is 10.2. The summed E-state index contributed by atoms with van der Waals surface area (Å²) in [4.78, 5) is 23.1. The minimum atomic E-state index is -1.15. The number of ether oxygens (including phenoxy) is 1. The average Bonchev–Trinajstić information content (AvgIpc) is 2.79. The van der Waals surface area contributed by atoms with Crippen molar-refractivity contribution in [2.24, 2.45) is 0 Å². The van der Waals surface area contributed by atoms with Gasteiger partial charge in [-0.1, -0.05) is 18.2 Å². The monoisotopic (exact) mass is 305 g/mol. The number of alkyl carbamates (subject to hydrolysis) is 1. The van der Waals surface area contributed by atoms with Gasteiger partial charge >= 0.3 is 12.1 Å². The van der Waals surface area contributed by atoms with Crippen molar-refractivity contribution in [3.63, 3.8) is 0 Å². The Balaban J connectivity index is 2.12. The maximum atomic E-state index is 11.7. The molecule has 118 valence electrons. The predicted molar refractivity (Wildman–Crippen MR) is 80.5 cm³/mol. The molecule has 1 aromatic heterocycles. The molecular weight excluding hydrogens is 286 g/mol. The van der Waals surface area contributed by atoms with Gasteiger partial charge in [-0.05, 0) is 26.8 Å². The highest BCUT2D eigenvalue weighted by atomic mass is 16.6. The highest BCUT2D eigenvalue weighted by Gasteiger charge is 2.25. The lowest BCUT2D eigenvalue weighted by molar-refractivity contribution is -0.139. The zero-order chi connectivity index (χ0) is 16.3. The van der Waals surface area contributed by atoms with Crippen LogP contribution in [0, 0.1) is 0 Å². The molecule has 2 aromatic rings. The molecule has 2 rings (SSSR count). The fraction of sp³-hybridized carbons (Fsp3) is 0.400. The molecule has 22 heavy (non-hydrogen) atoms. The van der Waals surface area contributed by atoms with Gasteiger partial charge in [-0.2, -0.15) is 5.10 Å². The van der Waals surface area contributed by atoms with Gasteiger partial charge in [-0.25, -0.2) is 9.59 Å². The average molecular weight is 305 g/mol. The first-order valence-corrected chi connectivity index (χ1v) is 6.89. The third-order valence-electron chi connectivity index (χ3n) is 2.90. The Morgan fingerprint density at radius 1 is 1.36 bits per heavy atom. The van der Waals surface area contributed by atoms with E-state index in [4.69, 9.17) is 4.74 Å². The second-order valence-corrected chi connectivity index (χ2v) is 5.92. The Bertz CT molecular complexity index is 687. The highest BCUT2D eigenvalue weighted by Crippen LogP contribution is 2.13. The Morgan fingerprint density at radius 2 is 2.05 bits per heavy atom. The summed E-state index contributed by atoms with van der Waals surface area (Å²) in [5.74, 6) is -1.15. The molecule has 0 spiro atoms. The second-order valence-electron chi connectivity index (χ2n) is 5.92. The number of hydrogen-bond acceptors (Lipinski definition) is 4. The molecule has 7 heteroatoms. The standard InChI is InChI=1S/C15H19N3O4/c1-15(2,3)22-14(21)17-11(13(19)20)9-18-12-7-5-4-6-10(12)8-16-18/h4-8,11H,9H2,1-3H3,(H,17,21)(H,19,20). The normalized spacial score (nSPS) is 12.9. The van der Waals surface area contributed by atoms with E-state index in [0.29, 0.717) is 0 Å². The van der Waals surface area contributed by atoms with E-state index in [0.717, 1.165) is 10.9 Å². The maximum absolute atomic E-state index is 11.7. The van der Waals surface area contributed by atoms with Crippen molar-refractivity contribution in [1.29, 1.82) is 0 Å². The fourth-order valence-corrected chi connectivity index (χ4v) is 1.98. The number of aliphatic carboxylic acids is 1. The number of carboxylic acid groups (broad SMARTS) is 1. The molecule has 0 saturated heterocycles. The summed E-state index contributed by atoms with van der Waals surface area (Å²) in [5.41, 5.74) is 0.116. The van der Waals surface area contributed by atoms with E-state index < -0.39 is 23.7 Å². The number of rotatable bonds is 4. The lowest BCUT2D eigenvalue weighted by Crippen LogP contribution is -2.45. The molecule has 0 bridgehead atoms. The molecule has 0 aliphatic rings. The molecule has 1 atom stereocenters. The number of para-hydroxylation sites is 1. The summed E-state index contributed by atoms with van der Waals surface area (Å²) in [6.45, 7) is 5.15. The molecule has 0 saturated carbocycles. The van der Waals surface area contributed by atoms with E-state index in [2.05, 4.69) is 10.4 Å². The molecule has 1 aromatic carbocycles. The van der Waals surface area contributed by atoms with Crippen molar-refractivity contribution in [2.45, 2.75) is 39.0 Å². The summed E-state index contributed by atoms with van der Waals surface area (Å²) in [6.07, 6.45) is 0.887. The van der Waals surface area contributed by atoms with Crippen molar-refractivity contribution in [1.82, 2.24) is 15.1 Å². The number of hydrogen-bond donors (Lipinski definition) is 2. The number of fused-ring (bicyclic) bond motifs is 1. The van der Waals surface area contributed by atoms with Gasteiger partial charge in [0.2, 0.25) is 0 Å². The van der Waals surface area contributed by atoms with Crippen LogP contribution in [0.3, 0.4) is 0 Å². The van der Waals surface area contributed by atoms with Gasteiger partial charge in [0.25, 0.3) is 0 Å². The van der Waals surface area contributed by atoms with Gasteiger partial charge in [0.05, 0.1) is 18.3 Å². The van der Waals surface area contributed by atoms with Gasteiger partial charge in [-0.3, -0.25) is 4.68 Å². The van der Waals surface area contributed by atoms with Crippen molar-refractivity contribution in [3.05, 3.63) is 30.5 Å². The van der Waals surface area contributed by atoms with Crippen LogP contribution in [0.15, 0.2) is 30.5 Å². The van der Waals surface area contributed by atoms with E-state index >= 15 is 0 Å². The van der Waals surface area contributed by atoms with Crippen LogP contribution in [0.4, 0.5) is 4.79 Å². The van der Waals surface area contributed by atoms with Crippen molar-refractivity contribution in [3.8, 4) is 0 Å². The number of nitrogens with one attached hydrogen (secondary N) is 1. The van der Waals surface area contributed by atoms with Gasteiger partial charge < -0.3 is 15.2 Å². The quantitative estimate of drug-likeness (QED) is 0.901. The van der Waals surface area contributed by atoms with Gasteiger partial charge in [0, 0.05) is 5.39 Å². The molecule has 0 aliphatic heterocycles. The molecule has 0 fully saturated rings. The van der Waals surface area contributed by atoms with E-state index in [9.17, 15) is 14.7 Å². The van der Waals surface area contributed by atoms with Crippen LogP contribution < -0.4 is 5.32 Å². The molecule has 0 aliphatic carbocycles. The minimum absolute atomic E-state index is 0.0160. The first-order chi connectivity index (χ1) is 10.3. The number of nitrogens with zero attached hydrogens (tertiary/aromatic N) is 2. The van der Waals surface area contributed by atoms with Crippen LogP contribution in [0.25, 0.3) is 10.9 Å². The summed E-state index contributed by atoms with van der Waals surface area (Å²) < 4.78 is 6.63. The van der Waals surface area contributed by atoms with Gasteiger partial charge in [0.15, 0.2) is 0 Å². The Labute approximate surface area is 127 Å². The Morgan fingerprint density at radius 3 is 2.68 bits per heavy atom. The molecule has 2 N–H and O–H groups in total. The number of amides is 1. The Hall–Kier alpha value is -2.57. The van der Waals surface area contributed by atoms with Crippen LogP contribution in [0.1, 0.15) is 20.8 Å². The van der Waals surface area contributed by atoms with Crippen LogP contribution in [-0.4, -0.2) is 38.6 Å². The van der Waals surface area contributed by atoms with Crippen molar-refractivity contribution in [2.75, 3.05) is 0 Å². The van der Waals surface area contributed by atoms with E-state index in [1.54, 1.807) is 31.6 Å². The lowest BCUT2D eigenvalue weighted by Gasteiger charge is -2.22. The number of carbonyl (C=O) groups excluding carboxylic acids is 1. The third kappa shape index (κ3) is 3.97. The molecular formula is C15H19N3O4. The molecule has 1 heterocycles. The largest absolute Gasteiger partial charge is 0.480 e. The number of aromatic nitrogens is 2. The minimum Gasteiger partial charge on any atom is -0.480 e. The predicted octanol–water partition coefficient (Wildman–Crippen LogP) is 2.01. The van der Waals surface area contributed by atoms with Gasteiger partial charge in [-0.15, -0.1) is 0 Å². The zero-order valence-electron chi connectivity index (χ0n) is 12.7. The van der Waals surface area contributed by atoms with E-state index in [1.807, 2.05) is 24.3 Å². The van der Waals surface area contributed by atoms with Crippen LogP contribution in [0.5, 0.6) is 0 Å². The fourth-order valence-electron chi connectivity index (χ4n) is 1.98. The summed E-state index contributed by atoms with van der Waals surface area (Å²) in [6, 6.07) is 6.32. The van der Waals surface area contributed by atoms with Gasteiger partial charge in [0.1, 0.15) is 11.6 Å². The first kappa shape index (κ1) is 15.8. The molecule has 1 amide bonds. The SMILES string of the molecule is CC(C)(C)OC(=O)NC(Cn1ncc2ccccc21)C(=O)O. The summed E-state index contributed by atoms with van der Waals surface area (Å²) in [5, 5.41) is 16.7. The highest BCUT2D eigenvalue weighted by molar-refractivity contribution is 5.81.